The van der Waals surface area contributed by atoms with E-state index in [1.54, 1.807) is 17.6 Å². The van der Waals surface area contributed by atoms with Crippen molar-refractivity contribution in [3.63, 3.8) is 0 Å². The predicted molar refractivity (Wildman–Crippen MR) is 126 cm³/mol. The van der Waals surface area contributed by atoms with Gasteiger partial charge >= 0.3 is 5.97 Å². The van der Waals surface area contributed by atoms with E-state index in [0.29, 0.717) is 17.2 Å². The third-order valence-electron chi connectivity index (χ3n) is 6.15. The van der Waals surface area contributed by atoms with Crippen LogP contribution < -0.4 is 16.4 Å². The van der Waals surface area contributed by atoms with Crippen molar-refractivity contribution in [3.05, 3.63) is 48.3 Å². The number of esters is 1. The van der Waals surface area contributed by atoms with Gasteiger partial charge in [-0.2, -0.15) is 10.1 Å². The normalized spacial score (nSPS) is 17.7. The second kappa shape index (κ2) is 8.19. The molecule has 1 spiro atoms. The summed E-state index contributed by atoms with van der Waals surface area (Å²) in [5.74, 6) is 0.115. The number of fused-ring (bicyclic) bond motifs is 1. The zero-order valence-electron chi connectivity index (χ0n) is 18.4. The number of carbonyl (C=O) groups excluding carboxylic acids is 1. The largest absolute Gasteiger partial charge is 0.462 e. The Kier molecular flexibility index (Phi) is 5.20. The van der Waals surface area contributed by atoms with E-state index in [-0.39, 0.29) is 12.6 Å². The number of hydrogen-bond acceptors (Lipinski definition) is 9. The second-order valence-corrected chi connectivity index (χ2v) is 8.21. The first-order valence-corrected chi connectivity index (χ1v) is 11.1. The summed E-state index contributed by atoms with van der Waals surface area (Å²) >= 11 is 0. The van der Waals surface area contributed by atoms with Gasteiger partial charge in [0.2, 0.25) is 11.9 Å². The Morgan fingerprint density at radius 1 is 1.18 bits per heavy atom. The van der Waals surface area contributed by atoms with Crippen LogP contribution in [0.3, 0.4) is 0 Å². The van der Waals surface area contributed by atoms with Gasteiger partial charge in [-0.3, -0.25) is 4.90 Å². The Labute approximate surface area is 191 Å². The second-order valence-electron chi connectivity index (χ2n) is 8.21. The summed E-state index contributed by atoms with van der Waals surface area (Å²) < 4.78 is 6.78. The fourth-order valence-corrected chi connectivity index (χ4v) is 4.76. The van der Waals surface area contributed by atoms with Crippen molar-refractivity contribution in [2.75, 3.05) is 11.5 Å². The smallest absolute Gasteiger partial charge is 0.343 e. The molecule has 1 aliphatic heterocycles. The zero-order chi connectivity index (χ0) is 23.0. The number of rotatable bonds is 4. The molecule has 1 fully saturated rings. The summed E-state index contributed by atoms with van der Waals surface area (Å²) in [5, 5.41) is 4.40. The maximum atomic E-state index is 12.3. The van der Waals surface area contributed by atoms with Crippen LogP contribution in [0.25, 0.3) is 16.9 Å². The number of nitrogens with zero attached hydrogens (tertiary/aromatic N) is 6. The number of anilines is 1. The van der Waals surface area contributed by atoms with Crippen LogP contribution in [-0.4, -0.2) is 44.8 Å². The molecule has 0 radical (unpaired) electrons. The average Bonchev–Trinajstić information content (AvgIpc) is 3.24. The molecule has 170 valence electrons. The van der Waals surface area contributed by atoms with Gasteiger partial charge in [-0.1, -0.05) is 18.6 Å². The molecule has 2 aromatic heterocycles. The number of aromatic nitrogens is 3. The first-order chi connectivity index (χ1) is 16.0. The highest BCUT2D eigenvalue weighted by molar-refractivity contribution is 6.06. The summed E-state index contributed by atoms with van der Waals surface area (Å²) in [5.41, 5.74) is 15.2. The van der Waals surface area contributed by atoms with Crippen LogP contribution >= 0.6 is 0 Å². The number of ether oxygens (including phenoxy) is 1. The summed E-state index contributed by atoms with van der Waals surface area (Å²) in [7, 11) is 0. The van der Waals surface area contributed by atoms with Crippen LogP contribution in [0.5, 0.6) is 0 Å². The van der Waals surface area contributed by atoms with E-state index < -0.39 is 11.6 Å². The molecule has 1 saturated carbocycles. The number of hydrogen-bond donors (Lipinski definition) is 2. The molecule has 0 amide bonds. The Morgan fingerprint density at radius 2 is 2.00 bits per heavy atom. The lowest BCUT2D eigenvalue weighted by Crippen LogP contribution is -2.58. The molecule has 0 atom stereocenters. The number of benzene rings is 1. The monoisotopic (exact) mass is 446 g/mol. The molecule has 3 heterocycles. The van der Waals surface area contributed by atoms with Gasteiger partial charge in [-0.05, 0) is 50.8 Å². The fraction of sp³-hybridized carbons (Fsp3) is 0.348. The minimum Gasteiger partial charge on any atom is -0.462 e. The molecule has 1 aliphatic carbocycles. The Bertz CT molecular complexity index is 1270. The van der Waals surface area contributed by atoms with Crippen LogP contribution in [0.15, 0.2) is 52.7 Å². The molecular weight excluding hydrogens is 420 g/mol. The van der Waals surface area contributed by atoms with Gasteiger partial charge in [-0.15, -0.1) is 0 Å². The molecule has 10 heteroatoms. The quantitative estimate of drug-likeness (QED) is 0.588. The van der Waals surface area contributed by atoms with Gasteiger partial charge in [-0.25, -0.2) is 19.3 Å². The van der Waals surface area contributed by atoms with Gasteiger partial charge < -0.3 is 16.2 Å². The van der Waals surface area contributed by atoms with E-state index >= 15 is 0 Å². The molecule has 5 rings (SSSR count). The predicted octanol–water partition coefficient (Wildman–Crippen LogP) is 2.68. The van der Waals surface area contributed by atoms with Crippen molar-refractivity contribution in [2.24, 2.45) is 21.5 Å². The standard InChI is InChI=1S/C23H26N8O2/c1-2-33-20(32)17-14-27-31-18(9-12-26-19(17)31)15-7-6-8-16(13-15)30-22(25)28-21(24)29-23(30)10-4-3-5-11-23/h6-9,12-14H,2-5,10-11H2,1H3,(H4,24,25,28,29). The van der Waals surface area contributed by atoms with Crippen molar-refractivity contribution >= 4 is 29.2 Å². The first kappa shape index (κ1) is 20.9. The molecule has 0 saturated heterocycles. The first-order valence-electron chi connectivity index (χ1n) is 11.1. The highest BCUT2D eigenvalue weighted by Gasteiger charge is 2.42. The summed E-state index contributed by atoms with van der Waals surface area (Å²) in [6, 6.07) is 9.81. The van der Waals surface area contributed by atoms with E-state index in [1.807, 2.05) is 35.2 Å². The highest BCUT2D eigenvalue weighted by atomic mass is 16.5. The molecule has 0 unspecified atom stereocenters. The number of aliphatic imine (C=N–C) groups is 2. The van der Waals surface area contributed by atoms with Crippen molar-refractivity contribution in [3.8, 4) is 11.3 Å². The van der Waals surface area contributed by atoms with Gasteiger partial charge in [0.05, 0.1) is 18.5 Å². The van der Waals surface area contributed by atoms with E-state index in [4.69, 9.17) is 21.2 Å². The SMILES string of the molecule is CCOC(=O)c1cnn2c(-c3cccc(N4C(N)=NC(N)=NC45CCCCC5)c3)ccnc12. The lowest BCUT2D eigenvalue weighted by molar-refractivity contribution is 0.0528. The van der Waals surface area contributed by atoms with E-state index in [1.165, 1.54) is 12.6 Å². The molecule has 0 bridgehead atoms. The lowest BCUT2D eigenvalue weighted by atomic mass is 9.87. The van der Waals surface area contributed by atoms with Crippen LogP contribution in [0.4, 0.5) is 5.69 Å². The number of nitrogens with two attached hydrogens (primary N) is 2. The topological polar surface area (TPSA) is 136 Å². The third kappa shape index (κ3) is 3.57. The number of guanidine groups is 2. The third-order valence-corrected chi connectivity index (χ3v) is 6.15. The Balaban J connectivity index is 1.58. The summed E-state index contributed by atoms with van der Waals surface area (Å²) in [4.78, 5) is 27.6. The van der Waals surface area contributed by atoms with Crippen LogP contribution in [0.2, 0.25) is 0 Å². The maximum absolute atomic E-state index is 12.3. The van der Waals surface area contributed by atoms with Crippen molar-refractivity contribution in [1.29, 1.82) is 0 Å². The summed E-state index contributed by atoms with van der Waals surface area (Å²) in [6.45, 7) is 2.05. The highest BCUT2D eigenvalue weighted by Crippen LogP contribution is 2.40. The summed E-state index contributed by atoms with van der Waals surface area (Å²) in [6.07, 6.45) is 8.12. The van der Waals surface area contributed by atoms with Crippen LogP contribution in [0.1, 0.15) is 49.4 Å². The van der Waals surface area contributed by atoms with Crippen LogP contribution in [0, 0.1) is 0 Å². The molecule has 4 N–H and O–H groups in total. The molecule has 3 aromatic rings. The van der Waals surface area contributed by atoms with Gasteiger partial charge in [0, 0.05) is 17.4 Å². The molecule has 2 aliphatic rings. The Hall–Kier alpha value is -3.95. The fourth-order valence-electron chi connectivity index (χ4n) is 4.76. The number of carbonyl (C=O) groups is 1. The van der Waals surface area contributed by atoms with E-state index in [0.717, 1.165) is 42.6 Å². The zero-order valence-corrected chi connectivity index (χ0v) is 18.4. The van der Waals surface area contributed by atoms with Crippen molar-refractivity contribution < 1.29 is 9.53 Å². The van der Waals surface area contributed by atoms with E-state index in [2.05, 4.69) is 15.1 Å². The molecule has 1 aromatic carbocycles. The van der Waals surface area contributed by atoms with Gasteiger partial charge in [0.25, 0.3) is 0 Å². The van der Waals surface area contributed by atoms with Crippen molar-refractivity contribution in [2.45, 2.75) is 44.7 Å². The van der Waals surface area contributed by atoms with E-state index in [9.17, 15) is 4.79 Å². The minimum absolute atomic E-state index is 0.223. The van der Waals surface area contributed by atoms with Gasteiger partial charge in [0.15, 0.2) is 5.65 Å². The molecule has 10 nitrogen and oxygen atoms in total. The molecule has 33 heavy (non-hydrogen) atoms. The lowest BCUT2D eigenvalue weighted by Gasteiger charge is -2.45. The maximum Gasteiger partial charge on any atom is 0.343 e. The molecular formula is C23H26N8O2. The van der Waals surface area contributed by atoms with Crippen LogP contribution in [-0.2, 0) is 4.74 Å². The van der Waals surface area contributed by atoms with Gasteiger partial charge in [0.1, 0.15) is 11.2 Å². The minimum atomic E-state index is -0.525. The average molecular weight is 447 g/mol. The van der Waals surface area contributed by atoms with Crippen molar-refractivity contribution in [1.82, 2.24) is 14.6 Å². The Morgan fingerprint density at radius 3 is 2.79 bits per heavy atom.